The number of furan rings is 1. The first-order valence-electron chi connectivity index (χ1n) is 9.02. The highest BCUT2D eigenvalue weighted by atomic mass is 16.4. The van der Waals surface area contributed by atoms with E-state index < -0.39 is 17.6 Å². The van der Waals surface area contributed by atoms with Gasteiger partial charge in [-0.15, -0.1) is 0 Å². The maximum atomic E-state index is 12.2. The topological polar surface area (TPSA) is 99.9 Å². The smallest absolute Gasteiger partial charge is 0.408 e. The number of carboxylic acid groups (broad SMARTS) is 1. The van der Waals surface area contributed by atoms with Crippen molar-refractivity contribution in [2.75, 3.05) is 6.54 Å². The first kappa shape index (κ1) is 19.5. The van der Waals surface area contributed by atoms with Crippen LogP contribution in [-0.4, -0.2) is 40.0 Å². The lowest BCUT2D eigenvalue weighted by atomic mass is 9.88. The molecule has 2 heterocycles. The molecule has 3 rings (SSSR count). The number of carbonyl (C=O) groups is 3. The summed E-state index contributed by atoms with van der Waals surface area (Å²) in [4.78, 5) is 36.2. The first-order chi connectivity index (χ1) is 13.2. The third-order valence-corrected chi connectivity index (χ3v) is 4.70. The summed E-state index contributed by atoms with van der Waals surface area (Å²) in [7, 11) is 0. The number of hydrogen-bond acceptors (Lipinski definition) is 4. The summed E-state index contributed by atoms with van der Waals surface area (Å²) >= 11 is 0. The predicted molar refractivity (Wildman–Crippen MR) is 103 cm³/mol. The molecular weight excluding hydrogens is 360 g/mol. The zero-order valence-corrected chi connectivity index (χ0v) is 16.0. The Morgan fingerprint density at radius 2 is 2.11 bits per heavy atom. The third-order valence-electron chi connectivity index (χ3n) is 4.70. The Morgan fingerprint density at radius 3 is 2.75 bits per heavy atom. The number of hydrogen-bond donors (Lipinski definition) is 2. The van der Waals surface area contributed by atoms with Crippen molar-refractivity contribution in [2.24, 2.45) is 0 Å². The van der Waals surface area contributed by atoms with Gasteiger partial charge < -0.3 is 9.52 Å². The van der Waals surface area contributed by atoms with E-state index in [-0.39, 0.29) is 18.4 Å². The van der Waals surface area contributed by atoms with Gasteiger partial charge in [-0.1, -0.05) is 18.1 Å². The fourth-order valence-electron chi connectivity index (χ4n) is 3.24. The van der Waals surface area contributed by atoms with Crippen molar-refractivity contribution in [3.05, 3.63) is 35.6 Å². The zero-order chi connectivity index (χ0) is 20.5. The van der Waals surface area contributed by atoms with Crippen LogP contribution < -0.4 is 5.32 Å². The Labute approximate surface area is 162 Å². The Hall–Kier alpha value is -3.27. The molecule has 2 N–H and O–H groups in total. The van der Waals surface area contributed by atoms with Gasteiger partial charge in [-0.2, -0.15) is 0 Å². The average molecular weight is 382 g/mol. The van der Waals surface area contributed by atoms with Crippen LogP contribution in [0.15, 0.2) is 28.7 Å². The largest absolute Gasteiger partial charge is 0.465 e. The molecule has 1 atom stereocenters. The third kappa shape index (κ3) is 4.01. The standard InChI is InChI=1S/C21H22N2O5/c1-21(2,3)23(20(26)27)11-5-6-13-12-16-14(7-4-8-17(16)28-13)15-9-10-18(24)22-19(15)25/h4,7-8,12,15H,9-11H2,1-3H3,(H,26,27)(H,22,24,25). The fraction of sp³-hybridized carbons (Fsp3) is 0.381. The van der Waals surface area contributed by atoms with Gasteiger partial charge in [0.25, 0.3) is 0 Å². The monoisotopic (exact) mass is 382 g/mol. The van der Waals surface area contributed by atoms with E-state index in [0.717, 1.165) is 10.9 Å². The Morgan fingerprint density at radius 1 is 1.36 bits per heavy atom. The van der Waals surface area contributed by atoms with E-state index in [1.54, 1.807) is 39.0 Å². The molecule has 1 saturated heterocycles. The van der Waals surface area contributed by atoms with Crippen LogP contribution in [0.3, 0.4) is 0 Å². The van der Waals surface area contributed by atoms with Gasteiger partial charge in [0.2, 0.25) is 11.8 Å². The minimum Gasteiger partial charge on any atom is -0.465 e. The van der Waals surface area contributed by atoms with Gasteiger partial charge >= 0.3 is 6.09 Å². The normalized spacial score (nSPS) is 17.0. The average Bonchev–Trinajstić information content (AvgIpc) is 3.00. The van der Waals surface area contributed by atoms with Crippen LogP contribution in [0.2, 0.25) is 0 Å². The minimum atomic E-state index is -1.04. The van der Waals surface area contributed by atoms with E-state index in [0.29, 0.717) is 24.2 Å². The number of amides is 3. The number of carbonyl (C=O) groups excluding carboxylic acids is 2. The molecule has 7 heteroatoms. The number of benzene rings is 1. The van der Waals surface area contributed by atoms with Crippen molar-refractivity contribution in [2.45, 2.75) is 45.1 Å². The zero-order valence-electron chi connectivity index (χ0n) is 16.0. The van der Waals surface area contributed by atoms with Crippen molar-refractivity contribution < 1.29 is 23.9 Å². The molecule has 1 fully saturated rings. The van der Waals surface area contributed by atoms with Crippen molar-refractivity contribution in [1.29, 1.82) is 0 Å². The van der Waals surface area contributed by atoms with Crippen LogP contribution in [-0.2, 0) is 9.59 Å². The van der Waals surface area contributed by atoms with Gasteiger partial charge in [0.1, 0.15) is 5.58 Å². The summed E-state index contributed by atoms with van der Waals surface area (Å²) in [5.74, 6) is 5.13. The van der Waals surface area contributed by atoms with Gasteiger partial charge in [0, 0.05) is 23.4 Å². The lowest BCUT2D eigenvalue weighted by Crippen LogP contribution is -2.45. The van der Waals surface area contributed by atoms with Crippen LogP contribution in [0.1, 0.15) is 50.9 Å². The highest BCUT2D eigenvalue weighted by Crippen LogP contribution is 2.32. The summed E-state index contributed by atoms with van der Waals surface area (Å²) in [6.45, 7) is 5.46. The number of imide groups is 1. The van der Waals surface area contributed by atoms with Crippen LogP contribution in [0.5, 0.6) is 0 Å². The summed E-state index contributed by atoms with van der Waals surface area (Å²) < 4.78 is 5.75. The van der Waals surface area contributed by atoms with E-state index in [1.807, 2.05) is 6.07 Å². The molecule has 1 unspecified atom stereocenters. The summed E-state index contributed by atoms with van der Waals surface area (Å²) in [6.07, 6.45) is -0.281. The van der Waals surface area contributed by atoms with Gasteiger partial charge in [0.05, 0.1) is 12.5 Å². The van der Waals surface area contributed by atoms with Crippen molar-refractivity contribution in [1.82, 2.24) is 10.2 Å². The van der Waals surface area contributed by atoms with E-state index in [4.69, 9.17) is 4.42 Å². The van der Waals surface area contributed by atoms with Gasteiger partial charge in [-0.05, 0) is 44.7 Å². The van der Waals surface area contributed by atoms with Crippen LogP contribution in [0, 0.1) is 11.8 Å². The Kier molecular flexibility index (Phi) is 5.14. The lowest BCUT2D eigenvalue weighted by molar-refractivity contribution is -0.134. The molecule has 1 aromatic carbocycles. The molecule has 0 radical (unpaired) electrons. The molecule has 0 bridgehead atoms. The SMILES string of the molecule is CC(C)(C)N(CC#Cc1cc2c(C3CCC(=O)NC3=O)cccc2o1)C(=O)O. The first-order valence-corrected chi connectivity index (χ1v) is 9.02. The highest BCUT2D eigenvalue weighted by Gasteiger charge is 2.29. The van der Waals surface area contributed by atoms with Gasteiger partial charge in [0.15, 0.2) is 5.76 Å². The number of nitrogens with one attached hydrogen (secondary N) is 1. The predicted octanol–water partition coefficient (Wildman–Crippen LogP) is 3.08. The molecule has 0 saturated carbocycles. The summed E-state index contributed by atoms with van der Waals surface area (Å²) in [5, 5.41) is 12.5. The van der Waals surface area contributed by atoms with E-state index in [2.05, 4.69) is 17.2 Å². The second-order valence-corrected chi connectivity index (χ2v) is 7.71. The molecule has 1 aliphatic rings. The Bertz CT molecular complexity index is 1000. The van der Waals surface area contributed by atoms with Crippen molar-refractivity contribution >= 4 is 28.9 Å². The number of fused-ring (bicyclic) bond motifs is 1. The molecule has 146 valence electrons. The molecule has 0 aliphatic carbocycles. The van der Waals surface area contributed by atoms with E-state index in [9.17, 15) is 19.5 Å². The quantitative estimate of drug-likeness (QED) is 0.614. The molecule has 7 nitrogen and oxygen atoms in total. The van der Waals surface area contributed by atoms with Crippen LogP contribution in [0.25, 0.3) is 11.0 Å². The van der Waals surface area contributed by atoms with E-state index >= 15 is 0 Å². The molecule has 3 amide bonds. The fourth-order valence-corrected chi connectivity index (χ4v) is 3.24. The maximum Gasteiger partial charge on any atom is 0.408 e. The van der Waals surface area contributed by atoms with Gasteiger partial charge in [-0.3, -0.25) is 19.8 Å². The molecular formula is C21H22N2O5. The minimum absolute atomic E-state index is 0.0515. The number of piperidine rings is 1. The van der Waals surface area contributed by atoms with Gasteiger partial charge in [-0.25, -0.2) is 4.79 Å². The number of rotatable bonds is 2. The lowest BCUT2D eigenvalue weighted by Gasteiger charge is -2.31. The summed E-state index contributed by atoms with van der Waals surface area (Å²) in [5.41, 5.74) is 0.825. The second-order valence-electron chi connectivity index (χ2n) is 7.71. The molecule has 28 heavy (non-hydrogen) atoms. The van der Waals surface area contributed by atoms with Crippen molar-refractivity contribution in [3.8, 4) is 11.8 Å². The van der Waals surface area contributed by atoms with E-state index in [1.165, 1.54) is 4.90 Å². The number of nitrogens with zero attached hydrogens (tertiary/aromatic N) is 1. The maximum absolute atomic E-state index is 12.2. The second kappa shape index (κ2) is 7.39. The molecule has 1 aliphatic heterocycles. The highest BCUT2D eigenvalue weighted by molar-refractivity contribution is 6.02. The molecule has 0 spiro atoms. The molecule has 2 aromatic rings. The summed E-state index contributed by atoms with van der Waals surface area (Å²) in [6, 6.07) is 7.19. The van der Waals surface area contributed by atoms with Crippen molar-refractivity contribution in [3.63, 3.8) is 0 Å². The van der Waals surface area contributed by atoms with Crippen LogP contribution in [0.4, 0.5) is 4.79 Å². The van der Waals surface area contributed by atoms with Crippen LogP contribution >= 0.6 is 0 Å². The Balaban J connectivity index is 1.87. The molecule has 1 aromatic heterocycles.